The predicted octanol–water partition coefficient (Wildman–Crippen LogP) is 3.66. The second kappa shape index (κ2) is 9.84. The van der Waals surface area contributed by atoms with Gasteiger partial charge in [-0.1, -0.05) is 35.5 Å². The summed E-state index contributed by atoms with van der Waals surface area (Å²) in [5, 5.41) is 4.02. The van der Waals surface area contributed by atoms with E-state index in [4.69, 9.17) is 9.26 Å². The summed E-state index contributed by atoms with van der Waals surface area (Å²) in [6.45, 7) is 2.36. The van der Waals surface area contributed by atoms with Crippen LogP contribution < -0.4 is 9.47 Å². The minimum absolute atomic E-state index is 0.0432. The molecule has 1 aliphatic heterocycles. The summed E-state index contributed by atoms with van der Waals surface area (Å²) < 4.78 is 40.0. The number of aromatic nitrogens is 2. The molecule has 31 heavy (non-hydrogen) atoms. The zero-order valence-corrected chi connectivity index (χ0v) is 17.2. The van der Waals surface area contributed by atoms with E-state index < -0.39 is 6.61 Å². The molecule has 0 aliphatic carbocycles. The number of methoxy groups -OCH3 is 1. The lowest BCUT2D eigenvalue weighted by molar-refractivity contribution is -0.0512. The van der Waals surface area contributed by atoms with Crippen LogP contribution in [0.2, 0.25) is 0 Å². The molecule has 0 amide bonds. The van der Waals surface area contributed by atoms with Crippen molar-refractivity contribution in [1.82, 2.24) is 19.9 Å². The van der Waals surface area contributed by atoms with Crippen LogP contribution in [0.5, 0.6) is 11.5 Å². The minimum Gasteiger partial charge on any atom is -0.493 e. The maximum Gasteiger partial charge on any atom is 0.387 e. The van der Waals surface area contributed by atoms with E-state index in [0.717, 1.165) is 32.7 Å². The molecule has 1 aromatic heterocycles. The number of piperazine rings is 1. The molecule has 1 saturated heterocycles. The van der Waals surface area contributed by atoms with Gasteiger partial charge in [-0.3, -0.25) is 9.80 Å². The van der Waals surface area contributed by atoms with Crippen LogP contribution in [-0.4, -0.2) is 59.8 Å². The van der Waals surface area contributed by atoms with Crippen LogP contribution in [0, 0.1) is 0 Å². The number of rotatable bonds is 8. The van der Waals surface area contributed by atoms with Gasteiger partial charge in [0.05, 0.1) is 13.7 Å². The number of ether oxygens (including phenoxy) is 2. The van der Waals surface area contributed by atoms with Crippen molar-refractivity contribution in [2.45, 2.75) is 19.7 Å². The number of benzene rings is 2. The summed E-state index contributed by atoms with van der Waals surface area (Å²) >= 11 is 0. The SMILES string of the molecule is COc1cc(-c2noc(CN3CCN(Cc4ccccc4)CC3)n2)ccc1OC(F)F. The Labute approximate surface area is 179 Å². The number of halogens is 2. The molecule has 4 rings (SSSR count). The van der Waals surface area contributed by atoms with Crippen molar-refractivity contribution in [3.8, 4) is 22.9 Å². The number of nitrogens with zero attached hydrogens (tertiary/aromatic N) is 4. The average molecular weight is 430 g/mol. The molecule has 9 heteroatoms. The number of hydrogen-bond acceptors (Lipinski definition) is 7. The first-order chi connectivity index (χ1) is 15.1. The van der Waals surface area contributed by atoms with Gasteiger partial charge >= 0.3 is 6.61 Å². The third kappa shape index (κ3) is 5.56. The topological polar surface area (TPSA) is 63.9 Å². The normalized spacial score (nSPS) is 15.4. The van der Waals surface area contributed by atoms with E-state index in [1.807, 2.05) is 6.07 Å². The molecule has 7 nitrogen and oxygen atoms in total. The van der Waals surface area contributed by atoms with Gasteiger partial charge in [-0.15, -0.1) is 0 Å². The summed E-state index contributed by atoms with van der Waals surface area (Å²) in [7, 11) is 1.39. The molecule has 0 N–H and O–H groups in total. The molecule has 1 fully saturated rings. The van der Waals surface area contributed by atoms with E-state index in [9.17, 15) is 8.78 Å². The Morgan fingerprint density at radius 3 is 2.35 bits per heavy atom. The summed E-state index contributed by atoms with van der Waals surface area (Å²) in [6, 6.07) is 15.0. The maximum atomic E-state index is 12.5. The van der Waals surface area contributed by atoms with Crippen molar-refractivity contribution in [2.75, 3.05) is 33.3 Å². The molecule has 164 valence electrons. The second-order valence-corrected chi connectivity index (χ2v) is 7.29. The van der Waals surface area contributed by atoms with Gasteiger partial charge in [-0.05, 0) is 23.8 Å². The summed E-state index contributed by atoms with van der Waals surface area (Å²) in [5.74, 6) is 1.02. The summed E-state index contributed by atoms with van der Waals surface area (Å²) in [4.78, 5) is 9.16. The lowest BCUT2D eigenvalue weighted by atomic mass is 10.2. The van der Waals surface area contributed by atoms with Gasteiger partial charge in [-0.2, -0.15) is 13.8 Å². The zero-order valence-electron chi connectivity index (χ0n) is 17.2. The molecule has 2 aromatic carbocycles. The van der Waals surface area contributed by atoms with Gasteiger partial charge in [0.1, 0.15) is 0 Å². The Bertz CT molecular complexity index is 976. The maximum absolute atomic E-state index is 12.5. The Morgan fingerprint density at radius 2 is 1.68 bits per heavy atom. The van der Waals surface area contributed by atoms with Crippen LogP contribution >= 0.6 is 0 Å². The largest absolute Gasteiger partial charge is 0.493 e. The van der Waals surface area contributed by atoms with Crippen molar-refractivity contribution in [1.29, 1.82) is 0 Å². The van der Waals surface area contributed by atoms with Crippen molar-refractivity contribution in [3.05, 3.63) is 60.0 Å². The highest BCUT2D eigenvalue weighted by Gasteiger charge is 2.20. The Morgan fingerprint density at radius 1 is 0.968 bits per heavy atom. The molecule has 3 aromatic rings. The van der Waals surface area contributed by atoms with Crippen molar-refractivity contribution in [2.24, 2.45) is 0 Å². The van der Waals surface area contributed by atoms with Crippen LogP contribution in [-0.2, 0) is 13.1 Å². The Balaban J connectivity index is 1.33. The quantitative estimate of drug-likeness (QED) is 0.540. The van der Waals surface area contributed by atoms with E-state index in [2.05, 4.69) is 48.9 Å². The molecule has 0 radical (unpaired) electrons. The van der Waals surface area contributed by atoms with Crippen molar-refractivity contribution < 1.29 is 22.8 Å². The van der Waals surface area contributed by atoms with Crippen LogP contribution in [0.15, 0.2) is 53.1 Å². The summed E-state index contributed by atoms with van der Waals surface area (Å²) in [6.07, 6.45) is 0. The van der Waals surface area contributed by atoms with E-state index >= 15 is 0 Å². The second-order valence-electron chi connectivity index (χ2n) is 7.29. The zero-order chi connectivity index (χ0) is 21.6. The first kappa shape index (κ1) is 21.2. The Kier molecular flexibility index (Phi) is 6.73. The molecule has 0 bridgehead atoms. The molecule has 1 aliphatic rings. The third-order valence-electron chi connectivity index (χ3n) is 5.18. The molecular formula is C22H24F2N4O3. The molecule has 2 heterocycles. The number of hydrogen-bond donors (Lipinski definition) is 0. The van der Waals surface area contributed by atoms with E-state index in [0.29, 0.717) is 23.8 Å². The lowest BCUT2D eigenvalue weighted by Gasteiger charge is -2.33. The van der Waals surface area contributed by atoms with Crippen LogP contribution in [0.1, 0.15) is 11.5 Å². The van der Waals surface area contributed by atoms with Gasteiger partial charge in [0.15, 0.2) is 11.5 Å². The van der Waals surface area contributed by atoms with Crippen LogP contribution in [0.25, 0.3) is 11.4 Å². The average Bonchev–Trinajstić information content (AvgIpc) is 3.24. The minimum atomic E-state index is -2.93. The van der Waals surface area contributed by atoms with Crippen LogP contribution in [0.4, 0.5) is 8.78 Å². The van der Waals surface area contributed by atoms with Crippen molar-refractivity contribution in [3.63, 3.8) is 0 Å². The smallest absolute Gasteiger partial charge is 0.387 e. The molecule has 0 saturated carbocycles. The number of alkyl halides is 2. The highest BCUT2D eigenvalue weighted by Crippen LogP contribution is 2.32. The van der Waals surface area contributed by atoms with E-state index in [1.165, 1.54) is 18.7 Å². The molecule has 0 unspecified atom stereocenters. The standard InChI is InChI=1S/C22H24F2N4O3/c1-29-19-13-17(7-8-18(19)30-22(23)24)21-25-20(31-26-21)15-28-11-9-27(10-12-28)14-16-5-3-2-4-6-16/h2-8,13,22H,9-12,14-15H2,1H3. The van der Waals surface area contributed by atoms with Gasteiger partial charge in [-0.25, -0.2) is 0 Å². The van der Waals surface area contributed by atoms with Gasteiger partial charge in [0.2, 0.25) is 11.7 Å². The van der Waals surface area contributed by atoms with E-state index in [1.54, 1.807) is 12.1 Å². The van der Waals surface area contributed by atoms with Crippen molar-refractivity contribution >= 4 is 0 Å². The fourth-order valence-corrected chi connectivity index (χ4v) is 3.57. The highest BCUT2D eigenvalue weighted by molar-refractivity contribution is 5.60. The predicted molar refractivity (Wildman–Crippen MR) is 110 cm³/mol. The Hall–Kier alpha value is -3.04. The first-order valence-electron chi connectivity index (χ1n) is 10.0. The highest BCUT2D eigenvalue weighted by atomic mass is 19.3. The van der Waals surface area contributed by atoms with Gasteiger partial charge in [0, 0.05) is 38.3 Å². The lowest BCUT2D eigenvalue weighted by Crippen LogP contribution is -2.45. The monoisotopic (exact) mass is 430 g/mol. The van der Waals surface area contributed by atoms with Gasteiger partial charge in [0.25, 0.3) is 0 Å². The summed E-state index contributed by atoms with van der Waals surface area (Å²) in [5.41, 5.74) is 1.92. The molecular weight excluding hydrogens is 406 g/mol. The fourth-order valence-electron chi connectivity index (χ4n) is 3.57. The fraction of sp³-hybridized carbons (Fsp3) is 0.364. The first-order valence-corrected chi connectivity index (χ1v) is 10.0. The third-order valence-corrected chi connectivity index (χ3v) is 5.18. The van der Waals surface area contributed by atoms with Gasteiger partial charge < -0.3 is 14.0 Å². The van der Waals surface area contributed by atoms with Crippen LogP contribution in [0.3, 0.4) is 0 Å². The molecule has 0 atom stereocenters. The molecule has 0 spiro atoms. The van der Waals surface area contributed by atoms with E-state index in [-0.39, 0.29) is 11.5 Å².